The third-order valence-corrected chi connectivity index (χ3v) is 5.44. The fraction of sp³-hybridized carbons (Fsp3) is 0.333. The molecule has 0 heterocycles. The van der Waals surface area contributed by atoms with E-state index >= 15 is 0 Å². The number of amides is 1. The predicted molar refractivity (Wildman–Crippen MR) is 102 cm³/mol. The lowest BCUT2D eigenvalue weighted by Gasteiger charge is -2.26. The Kier molecular flexibility index (Phi) is 5.92. The van der Waals surface area contributed by atoms with Crippen molar-refractivity contribution in [2.45, 2.75) is 43.0 Å². The number of Topliss-reactive ketones (excluding diaryl/α,β-unsaturated/α-hetero) is 1. The van der Waals surface area contributed by atoms with E-state index in [0.717, 1.165) is 24.2 Å². The normalized spacial score (nSPS) is 16.1. The molecule has 1 aliphatic carbocycles. The van der Waals surface area contributed by atoms with E-state index in [9.17, 15) is 9.59 Å². The molecule has 1 amide bonds. The van der Waals surface area contributed by atoms with Gasteiger partial charge in [-0.15, -0.1) is 11.8 Å². The minimum Gasteiger partial charge on any atom is -0.349 e. The molecule has 0 saturated carbocycles. The molecular weight excluding hydrogens is 330 g/mol. The van der Waals surface area contributed by atoms with Crippen LogP contribution in [-0.4, -0.2) is 17.9 Å². The third kappa shape index (κ3) is 4.51. The van der Waals surface area contributed by atoms with Gasteiger partial charge in [0.1, 0.15) is 0 Å². The van der Waals surface area contributed by atoms with Gasteiger partial charge in [0, 0.05) is 23.3 Å². The standard InChI is InChI=1S/C21H23NO2S/c1-25-17-11-9-16(10-12-17)20(23)13-14-21(24)22-19-8-4-6-15-5-2-3-7-18(15)19/h2-3,5,7,9-12,19H,4,6,8,13-14H2,1H3,(H,22,24). The summed E-state index contributed by atoms with van der Waals surface area (Å²) in [5.41, 5.74) is 3.22. The summed E-state index contributed by atoms with van der Waals surface area (Å²) >= 11 is 1.65. The van der Waals surface area contributed by atoms with Gasteiger partial charge in [-0.05, 0) is 48.8 Å². The van der Waals surface area contributed by atoms with Crippen LogP contribution in [0.3, 0.4) is 0 Å². The number of rotatable bonds is 6. The summed E-state index contributed by atoms with van der Waals surface area (Å²) in [6.45, 7) is 0. The highest BCUT2D eigenvalue weighted by atomic mass is 32.2. The lowest BCUT2D eigenvalue weighted by molar-refractivity contribution is -0.121. The Labute approximate surface area is 153 Å². The van der Waals surface area contributed by atoms with E-state index in [1.165, 1.54) is 11.1 Å². The first-order chi connectivity index (χ1) is 12.2. The molecular formula is C21H23NO2S. The van der Waals surface area contributed by atoms with Crippen LogP contribution in [0.25, 0.3) is 0 Å². The van der Waals surface area contributed by atoms with Gasteiger partial charge in [0.15, 0.2) is 5.78 Å². The number of ketones is 1. The SMILES string of the molecule is CSc1ccc(C(=O)CCC(=O)NC2CCCc3ccccc32)cc1. The quantitative estimate of drug-likeness (QED) is 0.611. The molecule has 2 aromatic rings. The van der Waals surface area contributed by atoms with Crippen LogP contribution in [0.15, 0.2) is 53.4 Å². The molecule has 0 saturated heterocycles. The van der Waals surface area contributed by atoms with Crippen LogP contribution in [0.4, 0.5) is 0 Å². The molecule has 3 rings (SSSR count). The van der Waals surface area contributed by atoms with E-state index in [0.29, 0.717) is 5.56 Å². The van der Waals surface area contributed by atoms with Crippen LogP contribution >= 0.6 is 11.8 Å². The van der Waals surface area contributed by atoms with Crippen molar-refractivity contribution in [3.8, 4) is 0 Å². The number of hydrogen-bond donors (Lipinski definition) is 1. The highest BCUT2D eigenvalue weighted by Gasteiger charge is 2.21. The zero-order valence-corrected chi connectivity index (χ0v) is 15.3. The molecule has 4 heteroatoms. The van der Waals surface area contributed by atoms with E-state index in [2.05, 4.69) is 17.4 Å². The second kappa shape index (κ2) is 8.34. The van der Waals surface area contributed by atoms with Crippen molar-refractivity contribution in [1.82, 2.24) is 5.32 Å². The first-order valence-electron chi connectivity index (χ1n) is 8.72. The minimum atomic E-state index is -0.0456. The molecule has 1 atom stereocenters. The minimum absolute atomic E-state index is 0.0202. The summed E-state index contributed by atoms with van der Waals surface area (Å²) in [6, 6.07) is 15.9. The largest absolute Gasteiger partial charge is 0.349 e. The molecule has 0 aromatic heterocycles. The monoisotopic (exact) mass is 353 g/mol. The second-order valence-electron chi connectivity index (χ2n) is 6.36. The van der Waals surface area contributed by atoms with Crippen molar-refractivity contribution in [3.05, 3.63) is 65.2 Å². The molecule has 130 valence electrons. The van der Waals surface area contributed by atoms with Crippen LogP contribution in [0.2, 0.25) is 0 Å². The van der Waals surface area contributed by atoms with Crippen LogP contribution in [0, 0.1) is 0 Å². The van der Waals surface area contributed by atoms with Gasteiger partial charge in [-0.25, -0.2) is 0 Å². The summed E-state index contributed by atoms with van der Waals surface area (Å²) < 4.78 is 0. The number of fused-ring (bicyclic) bond motifs is 1. The van der Waals surface area contributed by atoms with Gasteiger partial charge >= 0.3 is 0 Å². The lowest BCUT2D eigenvalue weighted by Crippen LogP contribution is -2.31. The van der Waals surface area contributed by atoms with E-state index in [4.69, 9.17) is 0 Å². The van der Waals surface area contributed by atoms with E-state index in [1.54, 1.807) is 11.8 Å². The number of nitrogens with one attached hydrogen (secondary N) is 1. The van der Waals surface area contributed by atoms with Gasteiger partial charge in [0.05, 0.1) is 6.04 Å². The molecule has 0 fully saturated rings. The van der Waals surface area contributed by atoms with Gasteiger partial charge in [0.25, 0.3) is 0 Å². The van der Waals surface area contributed by atoms with Gasteiger partial charge in [0.2, 0.25) is 5.91 Å². The van der Waals surface area contributed by atoms with Gasteiger partial charge in [-0.2, -0.15) is 0 Å². The van der Waals surface area contributed by atoms with E-state index < -0.39 is 0 Å². The fourth-order valence-electron chi connectivity index (χ4n) is 3.32. The fourth-order valence-corrected chi connectivity index (χ4v) is 3.73. The van der Waals surface area contributed by atoms with Gasteiger partial charge in [-0.3, -0.25) is 9.59 Å². The van der Waals surface area contributed by atoms with Crippen molar-refractivity contribution >= 4 is 23.5 Å². The third-order valence-electron chi connectivity index (χ3n) is 4.70. The molecule has 0 bridgehead atoms. The molecule has 1 N–H and O–H groups in total. The number of carbonyl (C=O) groups is 2. The zero-order valence-electron chi connectivity index (χ0n) is 14.5. The summed E-state index contributed by atoms with van der Waals surface area (Å²) in [7, 11) is 0. The summed E-state index contributed by atoms with van der Waals surface area (Å²) in [6.07, 6.45) is 5.62. The molecule has 0 radical (unpaired) electrons. The number of carbonyl (C=O) groups excluding carboxylic acids is 2. The zero-order chi connectivity index (χ0) is 17.6. The van der Waals surface area contributed by atoms with Gasteiger partial charge < -0.3 is 5.32 Å². The van der Waals surface area contributed by atoms with Crippen LogP contribution in [0.5, 0.6) is 0 Å². The Morgan fingerprint density at radius 1 is 1.08 bits per heavy atom. The van der Waals surface area contributed by atoms with Crippen LogP contribution in [0.1, 0.15) is 53.2 Å². The van der Waals surface area contributed by atoms with Crippen LogP contribution in [-0.2, 0) is 11.2 Å². The Bertz CT molecular complexity index is 755. The van der Waals surface area contributed by atoms with E-state index in [-0.39, 0.29) is 30.6 Å². The summed E-state index contributed by atoms with van der Waals surface area (Å²) in [4.78, 5) is 25.7. The van der Waals surface area contributed by atoms with E-state index in [1.807, 2.05) is 42.7 Å². The molecule has 25 heavy (non-hydrogen) atoms. The average molecular weight is 353 g/mol. The van der Waals surface area contributed by atoms with Crippen molar-refractivity contribution in [1.29, 1.82) is 0 Å². The highest BCUT2D eigenvalue weighted by Crippen LogP contribution is 2.29. The summed E-state index contributed by atoms with van der Waals surface area (Å²) in [5.74, 6) is -0.0253. The first kappa shape index (κ1) is 17.7. The van der Waals surface area contributed by atoms with Crippen molar-refractivity contribution < 1.29 is 9.59 Å². The van der Waals surface area contributed by atoms with Crippen LogP contribution < -0.4 is 5.32 Å². The topological polar surface area (TPSA) is 46.2 Å². The Morgan fingerprint density at radius 3 is 2.60 bits per heavy atom. The maximum absolute atomic E-state index is 12.3. The lowest BCUT2D eigenvalue weighted by atomic mass is 9.87. The Balaban J connectivity index is 1.54. The number of hydrogen-bond acceptors (Lipinski definition) is 3. The predicted octanol–water partition coefficient (Wildman–Crippen LogP) is 4.57. The molecule has 0 aliphatic heterocycles. The number of thioether (sulfide) groups is 1. The Hall–Kier alpha value is -2.07. The second-order valence-corrected chi connectivity index (χ2v) is 7.24. The van der Waals surface area contributed by atoms with Crippen molar-refractivity contribution in [3.63, 3.8) is 0 Å². The smallest absolute Gasteiger partial charge is 0.220 e. The first-order valence-corrected chi connectivity index (χ1v) is 9.94. The molecule has 3 nitrogen and oxygen atoms in total. The van der Waals surface area contributed by atoms with Crippen molar-refractivity contribution in [2.75, 3.05) is 6.26 Å². The van der Waals surface area contributed by atoms with Crippen molar-refractivity contribution in [2.24, 2.45) is 0 Å². The Morgan fingerprint density at radius 2 is 1.84 bits per heavy atom. The highest BCUT2D eigenvalue weighted by molar-refractivity contribution is 7.98. The molecule has 0 spiro atoms. The molecule has 1 aliphatic rings. The maximum atomic E-state index is 12.3. The molecule has 2 aromatic carbocycles. The van der Waals surface area contributed by atoms with Gasteiger partial charge in [-0.1, -0.05) is 36.4 Å². The number of aryl methyl sites for hydroxylation is 1. The average Bonchev–Trinajstić information content (AvgIpc) is 2.66. The maximum Gasteiger partial charge on any atom is 0.220 e. The number of benzene rings is 2. The molecule has 1 unspecified atom stereocenters. The summed E-state index contributed by atoms with van der Waals surface area (Å²) in [5, 5.41) is 3.11.